The van der Waals surface area contributed by atoms with Crippen molar-refractivity contribution >= 4 is 38.3 Å². The maximum Gasteiger partial charge on any atom is 0.279 e. The molecular formula is C10H12B2N4O. The number of rotatable bonds is 0. The lowest BCUT2D eigenvalue weighted by atomic mass is 10.0. The molecule has 2 aromatic heterocycles. The maximum absolute atomic E-state index is 12.4. The highest BCUT2D eigenvalue weighted by molar-refractivity contribution is 6.31. The van der Waals surface area contributed by atoms with Gasteiger partial charge in [0.1, 0.15) is 0 Å². The smallest absolute Gasteiger partial charge is 0.279 e. The molecule has 0 fully saturated rings. The van der Waals surface area contributed by atoms with Gasteiger partial charge < -0.3 is 4.57 Å². The van der Waals surface area contributed by atoms with Crippen LogP contribution in [-0.4, -0.2) is 34.8 Å². The summed E-state index contributed by atoms with van der Waals surface area (Å²) in [6, 6.07) is 0. The quantitative estimate of drug-likeness (QED) is 0.512. The Bertz CT molecular complexity index is 651. The summed E-state index contributed by atoms with van der Waals surface area (Å²) >= 11 is 0. The van der Waals surface area contributed by atoms with Gasteiger partial charge in [-0.1, -0.05) is 0 Å². The number of hydrogen-bond acceptors (Lipinski definition) is 3. The molecule has 4 radical (unpaired) electrons. The summed E-state index contributed by atoms with van der Waals surface area (Å²) in [5, 5.41) is 0. The first-order valence-electron chi connectivity index (χ1n) is 5.24. The minimum atomic E-state index is -0.443. The number of imidazole rings is 1. The number of hydrogen-bond donors (Lipinski definition) is 0. The molecule has 17 heavy (non-hydrogen) atoms. The summed E-state index contributed by atoms with van der Waals surface area (Å²) in [4.78, 5) is 20.5. The molecule has 0 bridgehead atoms. The van der Waals surface area contributed by atoms with Gasteiger partial charge in [-0.05, 0) is 20.8 Å². The third-order valence-electron chi connectivity index (χ3n) is 2.64. The van der Waals surface area contributed by atoms with Crippen LogP contribution in [0.2, 0.25) is 0 Å². The van der Waals surface area contributed by atoms with Gasteiger partial charge in [0, 0.05) is 12.6 Å². The Morgan fingerprint density at radius 2 is 1.65 bits per heavy atom. The zero-order valence-electron chi connectivity index (χ0n) is 10.4. The van der Waals surface area contributed by atoms with E-state index in [4.69, 9.17) is 15.7 Å². The van der Waals surface area contributed by atoms with Crippen LogP contribution in [0.4, 0.5) is 0 Å². The van der Waals surface area contributed by atoms with Crippen molar-refractivity contribution in [3.05, 3.63) is 10.4 Å². The molecule has 0 unspecified atom stereocenters. The molecule has 0 N–H and O–H groups in total. The largest absolute Gasteiger partial charge is 0.335 e. The van der Waals surface area contributed by atoms with Crippen molar-refractivity contribution in [1.82, 2.24) is 19.1 Å². The maximum atomic E-state index is 12.4. The summed E-state index contributed by atoms with van der Waals surface area (Å²) in [5.74, 6) is 0. The average Bonchev–Trinajstić information content (AvgIpc) is 2.39. The van der Waals surface area contributed by atoms with E-state index in [1.807, 2.05) is 20.8 Å². The Kier molecular flexibility index (Phi) is 2.45. The molecule has 0 amide bonds. The zero-order valence-corrected chi connectivity index (χ0v) is 10.4. The van der Waals surface area contributed by atoms with Crippen LogP contribution in [0.15, 0.2) is 4.79 Å². The lowest BCUT2D eigenvalue weighted by molar-refractivity contribution is 0.392. The Morgan fingerprint density at radius 1 is 1.12 bits per heavy atom. The van der Waals surface area contributed by atoms with E-state index in [0.717, 1.165) is 0 Å². The van der Waals surface area contributed by atoms with E-state index in [9.17, 15) is 4.79 Å². The first-order chi connectivity index (χ1) is 7.73. The Hall–Kier alpha value is -1.52. The third kappa shape index (κ3) is 1.69. The molecule has 84 valence electrons. The van der Waals surface area contributed by atoms with Crippen LogP contribution < -0.4 is 17.0 Å². The van der Waals surface area contributed by atoms with Gasteiger partial charge in [-0.25, -0.2) is 9.97 Å². The summed E-state index contributed by atoms with van der Waals surface area (Å²) < 4.78 is 2.96. The molecule has 2 rings (SSSR count). The highest BCUT2D eigenvalue weighted by Crippen LogP contribution is 2.10. The van der Waals surface area contributed by atoms with Crippen LogP contribution in [0.25, 0.3) is 11.2 Å². The molecule has 0 atom stereocenters. The molecular weight excluding hydrogens is 214 g/mol. The second-order valence-corrected chi connectivity index (χ2v) is 4.98. The molecule has 0 aliphatic carbocycles. The lowest BCUT2D eigenvalue weighted by Crippen LogP contribution is -2.45. The summed E-state index contributed by atoms with van der Waals surface area (Å²) in [6.45, 7) is 5.66. The van der Waals surface area contributed by atoms with E-state index in [-0.39, 0.29) is 22.7 Å². The van der Waals surface area contributed by atoms with Crippen LogP contribution in [0.1, 0.15) is 20.8 Å². The molecule has 2 heterocycles. The summed E-state index contributed by atoms with van der Waals surface area (Å²) in [5.41, 5.74) is 0.372. The van der Waals surface area contributed by atoms with Gasteiger partial charge in [-0.2, -0.15) is 0 Å². The van der Waals surface area contributed by atoms with Crippen LogP contribution in [0.3, 0.4) is 0 Å². The van der Waals surface area contributed by atoms with Crippen LogP contribution in [0.5, 0.6) is 0 Å². The third-order valence-corrected chi connectivity index (χ3v) is 2.64. The Labute approximate surface area is 102 Å². The van der Waals surface area contributed by atoms with E-state index < -0.39 is 5.54 Å². The van der Waals surface area contributed by atoms with Gasteiger partial charge in [0.25, 0.3) is 5.56 Å². The highest BCUT2D eigenvalue weighted by atomic mass is 16.1. The molecule has 0 saturated carbocycles. The molecule has 5 nitrogen and oxygen atoms in total. The Morgan fingerprint density at radius 3 is 2.18 bits per heavy atom. The fourth-order valence-electron chi connectivity index (χ4n) is 1.83. The molecule has 0 aliphatic heterocycles. The second-order valence-electron chi connectivity index (χ2n) is 4.98. The van der Waals surface area contributed by atoms with E-state index in [1.54, 1.807) is 7.05 Å². The van der Waals surface area contributed by atoms with Crippen molar-refractivity contribution in [2.45, 2.75) is 26.3 Å². The summed E-state index contributed by atoms with van der Waals surface area (Å²) in [6.07, 6.45) is 0. The van der Waals surface area contributed by atoms with Gasteiger partial charge in [0.2, 0.25) is 0 Å². The van der Waals surface area contributed by atoms with E-state index in [0.29, 0.717) is 5.52 Å². The number of aryl methyl sites for hydroxylation is 1. The average molecular weight is 226 g/mol. The van der Waals surface area contributed by atoms with Crippen LogP contribution in [0, 0.1) is 0 Å². The molecule has 0 aromatic carbocycles. The first-order valence-corrected chi connectivity index (χ1v) is 5.24. The van der Waals surface area contributed by atoms with E-state index in [2.05, 4.69) is 9.97 Å². The zero-order chi connectivity index (χ0) is 13.0. The number of nitrogens with zero attached hydrogens (tertiary/aromatic N) is 4. The van der Waals surface area contributed by atoms with Crippen molar-refractivity contribution in [2.24, 2.45) is 7.05 Å². The van der Waals surface area contributed by atoms with E-state index in [1.165, 1.54) is 9.13 Å². The molecule has 2 aromatic rings. The van der Waals surface area contributed by atoms with Crippen molar-refractivity contribution in [3.63, 3.8) is 0 Å². The minimum Gasteiger partial charge on any atom is -0.335 e. The summed E-state index contributed by atoms with van der Waals surface area (Å²) in [7, 11) is 13.1. The molecule has 0 saturated heterocycles. The Balaban J connectivity index is 2.99. The van der Waals surface area contributed by atoms with Crippen LogP contribution >= 0.6 is 0 Å². The SMILES string of the molecule is [B]c1nc2nc([B])n(C)c2c(=O)n1C(C)(C)C. The van der Waals surface area contributed by atoms with Crippen LogP contribution in [-0.2, 0) is 12.6 Å². The van der Waals surface area contributed by atoms with E-state index >= 15 is 0 Å². The number of fused-ring (bicyclic) bond motifs is 1. The predicted molar refractivity (Wildman–Crippen MR) is 68.5 cm³/mol. The van der Waals surface area contributed by atoms with Crippen molar-refractivity contribution in [3.8, 4) is 0 Å². The predicted octanol–water partition coefficient (Wildman–Crippen LogP) is -1.53. The van der Waals surface area contributed by atoms with Gasteiger partial charge in [-0.15, -0.1) is 0 Å². The standard InChI is InChI=1S/C10H12B2N4O/c1-10(2,3)16-7(17)5-6(14-9(16)12)13-8(11)15(5)4/h1-4H3. The van der Waals surface area contributed by atoms with Crippen molar-refractivity contribution in [1.29, 1.82) is 0 Å². The highest BCUT2D eigenvalue weighted by Gasteiger charge is 2.21. The van der Waals surface area contributed by atoms with Gasteiger partial charge >= 0.3 is 0 Å². The van der Waals surface area contributed by atoms with Gasteiger partial charge in [0.05, 0.1) is 11.4 Å². The van der Waals surface area contributed by atoms with Gasteiger partial charge in [-0.3, -0.25) is 9.36 Å². The second kappa shape index (κ2) is 3.48. The normalized spacial score (nSPS) is 12.2. The fourth-order valence-corrected chi connectivity index (χ4v) is 1.83. The number of aromatic nitrogens is 4. The first kappa shape index (κ1) is 12.0. The lowest BCUT2D eigenvalue weighted by Gasteiger charge is -2.24. The monoisotopic (exact) mass is 226 g/mol. The fraction of sp³-hybridized carbons (Fsp3) is 0.500. The topological polar surface area (TPSA) is 52.7 Å². The minimum absolute atomic E-state index is 0.146. The van der Waals surface area contributed by atoms with Crippen molar-refractivity contribution in [2.75, 3.05) is 0 Å². The molecule has 7 heteroatoms. The molecule has 0 aliphatic rings. The van der Waals surface area contributed by atoms with Gasteiger partial charge in [0.15, 0.2) is 26.9 Å². The van der Waals surface area contributed by atoms with Crippen molar-refractivity contribution < 1.29 is 0 Å². The molecule has 0 spiro atoms.